The molecule has 42 heavy (non-hydrogen) atoms. The van der Waals surface area contributed by atoms with Crippen molar-refractivity contribution < 1.29 is 19.4 Å². The van der Waals surface area contributed by atoms with Gasteiger partial charge in [-0.05, 0) is 75.0 Å². The molecule has 2 aliphatic heterocycles. The average molecular weight is 579 g/mol. The Morgan fingerprint density at radius 2 is 1.98 bits per heavy atom. The first-order valence-electron chi connectivity index (χ1n) is 17.6. The molecule has 4 aliphatic carbocycles. The van der Waals surface area contributed by atoms with Gasteiger partial charge in [-0.1, -0.05) is 64.4 Å². The van der Waals surface area contributed by atoms with Gasteiger partial charge in [0.15, 0.2) is 11.5 Å². The molecule has 1 spiro atoms. The fourth-order valence-electron chi connectivity index (χ4n) is 10.2. The van der Waals surface area contributed by atoms with Crippen LogP contribution in [0.15, 0.2) is 12.1 Å². The number of methoxy groups -OCH3 is 1. The predicted octanol–water partition coefficient (Wildman–Crippen LogP) is 6.25. The minimum Gasteiger partial charge on any atom is -0.493 e. The molecule has 2 bridgehead atoms. The molecule has 0 radical (unpaired) electrons. The molecule has 1 amide bonds. The molecule has 1 aromatic rings. The number of carbonyl (C=O) groups is 1. The highest BCUT2D eigenvalue weighted by atomic mass is 16.5. The van der Waals surface area contributed by atoms with Crippen molar-refractivity contribution >= 4 is 5.91 Å². The number of hydrogen-bond acceptors (Lipinski definition) is 5. The van der Waals surface area contributed by atoms with Gasteiger partial charge in [0.1, 0.15) is 6.10 Å². The summed E-state index contributed by atoms with van der Waals surface area (Å²) in [5.41, 5.74) is 2.79. The maximum atomic E-state index is 14.0. The van der Waals surface area contributed by atoms with Crippen molar-refractivity contribution in [2.24, 2.45) is 17.8 Å². The molecular weight excluding hydrogens is 524 g/mol. The fourth-order valence-corrected chi connectivity index (χ4v) is 10.2. The molecule has 7 rings (SSSR count). The van der Waals surface area contributed by atoms with Crippen molar-refractivity contribution in [1.82, 2.24) is 9.80 Å². The Morgan fingerprint density at radius 3 is 2.74 bits per heavy atom. The van der Waals surface area contributed by atoms with Crippen molar-refractivity contribution in [2.75, 3.05) is 26.7 Å². The minimum atomic E-state index is -0.105. The summed E-state index contributed by atoms with van der Waals surface area (Å²) >= 11 is 0. The summed E-state index contributed by atoms with van der Waals surface area (Å²) in [4.78, 5) is 19.0. The molecule has 1 aromatic carbocycles. The molecule has 6 nitrogen and oxygen atoms in total. The molecule has 6 heteroatoms. The van der Waals surface area contributed by atoms with Crippen LogP contribution in [0, 0.1) is 17.8 Å². The smallest absolute Gasteiger partial charge is 0.222 e. The average Bonchev–Trinajstić information content (AvgIpc) is 3.59. The van der Waals surface area contributed by atoms with E-state index < -0.39 is 0 Å². The molecule has 4 fully saturated rings. The number of aliphatic hydroxyl groups excluding tert-OH is 1. The number of nitrogens with zero attached hydrogens (tertiary/aromatic N) is 2. The molecule has 3 saturated carbocycles. The lowest BCUT2D eigenvalue weighted by Gasteiger charge is -2.60. The molecule has 7 atom stereocenters. The molecule has 1 saturated heterocycles. The van der Waals surface area contributed by atoms with E-state index >= 15 is 0 Å². The monoisotopic (exact) mass is 578 g/mol. The Hall–Kier alpha value is -1.79. The number of ether oxygens (including phenoxy) is 2. The number of hydrogen-bond donors (Lipinski definition) is 1. The van der Waals surface area contributed by atoms with Gasteiger partial charge in [-0.3, -0.25) is 9.69 Å². The number of likely N-dealkylation sites (tertiary alicyclic amines) is 1. The summed E-state index contributed by atoms with van der Waals surface area (Å²) in [6.07, 6.45) is 18.5. The first kappa shape index (κ1) is 29.0. The summed E-state index contributed by atoms with van der Waals surface area (Å²) in [5.74, 6) is 4.04. The van der Waals surface area contributed by atoms with Crippen LogP contribution in [0.4, 0.5) is 0 Å². The van der Waals surface area contributed by atoms with Crippen LogP contribution in [-0.2, 0) is 16.6 Å². The lowest BCUT2D eigenvalue weighted by atomic mass is 9.51. The predicted molar refractivity (Wildman–Crippen MR) is 165 cm³/mol. The molecule has 232 valence electrons. The van der Waals surface area contributed by atoms with Crippen molar-refractivity contribution in [3.05, 3.63) is 23.3 Å². The number of carbonyl (C=O) groups excluding carboxylic acids is 1. The number of aliphatic hydroxyl groups is 1. The van der Waals surface area contributed by atoms with Gasteiger partial charge in [0.05, 0.1) is 19.3 Å². The summed E-state index contributed by atoms with van der Waals surface area (Å²) in [6, 6.07) is 5.01. The number of unbranched alkanes of at least 4 members (excludes halogenated alkanes) is 2. The summed E-state index contributed by atoms with van der Waals surface area (Å²) < 4.78 is 13.0. The third kappa shape index (κ3) is 4.97. The van der Waals surface area contributed by atoms with Gasteiger partial charge < -0.3 is 19.5 Å². The largest absolute Gasteiger partial charge is 0.493 e. The van der Waals surface area contributed by atoms with Crippen molar-refractivity contribution in [2.45, 2.75) is 139 Å². The van der Waals surface area contributed by atoms with E-state index in [1.807, 2.05) is 0 Å². The fraction of sp³-hybridized carbons (Fsp3) is 0.806. The Labute approximate surface area is 253 Å². The SMILES string of the molecule is CCCCN(C(=O)CCCCC1CCCCC1)[C@H]1CC[C@H]2[C@H]3Cc4ccc(OC)c5c4[C@@]2(CCN3CC2CC2O)[C@H]1O5. The highest BCUT2D eigenvalue weighted by Crippen LogP contribution is 2.64. The van der Waals surface area contributed by atoms with Crippen molar-refractivity contribution in [3.63, 3.8) is 0 Å². The second-order valence-electron chi connectivity index (χ2n) is 14.7. The molecule has 0 aromatic heterocycles. The third-order valence-electron chi connectivity index (χ3n) is 12.4. The molecule has 2 unspecified atom stereocenters. The van der Waals surface area contributed by atoms with Crippen LogP contribution < -0.4 is 9.47 Å². The quantitative estimate of drug-likeness (QED) is 0.297. The Morgan fingerprint density at radius 1 is 1.14 bits per heavy atom. The van der Waals surface area contributed by atoms with E-state index in [2.05, 4.69) is 28.9 Å². The van der Waals surface area contributed by atoms with Gasteiger partial charge in [0.25, 0.3) is 0 Å². The Kier molecular flexibility index (Phi) is 8.24. The Bertz CT molecular complexity index is 1130. The van der Waals surface area contributed by atoms with Crippen molar-refractivity contribution in [3.8, 4) is 11.5 Å². The number of benzene rings is 1. The number of amides is 1. The van der Waals surface area contributed by atoms with Crippen LogP contribution in [0.5, 0.6) is 11.5 Å². The zero-order chi connectivity index (χ0) is 28.8. The number of rotatable bonds is 12. The highest BCUT2D eigenvalue weighted by molar-refractivity contribution is 5.77. The van der Waals surface area contributed by atoms with Crippen LogP contribution >= 0.6 is 0 Å². The summed E-state index contributed by atoms with van der Waals surface area (Å²) in [6.45, 7) is 5.16. The van der Waals surface area contributed by atoms with Crippen LogP contribution in [-0.4, -0.2) is 71.8 Å². The topological polar surface area (TPSA) is 62.2 Å². The van der Waals surface area contributed by atoms with Gasteiger partial charge >= 0.3 is 0 Å². The normalized spacial score (nSPS) is 34.9. The van der Waals surface area contributed by atoms with E-state index in [1.54, 1.807) is 7.11 Å². The second kappa shape index (κ2) is 12.0. The zero-order valence-electron chi connectivity index (χ0n) is 26.2. The van der Waals surface area contributed by atoms with Gasteiger partial charge in [0.2, 0.25) is 5.91 Å². The van der Waals surface area contributed by atoms with E-state index in [-0.39, 0.29) is 23.7 Å². The van der Waals surface area contributed by atoms with Crippen LogP contribution in [0.25, 0.3) is 0 Å². The van der Waals surface area contributed by atoms with Gasteiger partial charge in [-0.15, -0.1) is 0 Å². The lowest BCUT2D eigenvalue weighted by Crippen LogP contribution is -2.69. The standard InChI is InChI=1S/C36H54N2O4/c1-3-4-19-38(32(40)13-9-8-12-24-10-6-5-7-11-24)28-16-15-27-29-21-25-14-17-31(41-2)34-33(25)36(27,35(28)42-34)18-20-37(29)23-26-22-30(26)39/h14,17,24,26-30,35,39H,3-13,15-16,18-23H2,1-2H3/t26?,27-,28-,29+,30?,35-,36-/m0/s1. The Balaban J connectivity index is 1.14. The first-order chi connectivity index (χ1) is 20.5. The van der Waals surface area contributed by atoms with E-state index in [1.165, 1.54) is 56.1 Å². The maximum Gasteiger partial charge on any atom is 0.222 e. The summed E-state index contributed by atoms with van der Waals surface area (Å²) in [5, 5.41) is 10.1. The first-order valence-corrected chi connectivity index (χ1v) is 17.6. The lowest BCUT2D eigenvalue weighted by molar-refractivity contribution is -0.143. The van der Waals surface area contributed by atoms with Gasteiger partial charge in [-0.2, -0.15) is 0 Å². The third-order valence-corrected chi connectivity index (χ3v) is 12.4. The van der Waals surface area contributed by atoms with E-state index in [0.29, 0.717) is 30.2 Å². The molecule has 6 aliphatic rings. The van der Waals surface area contributed by atoms with E-state index in [0.717, 1.165) is 88.4 Å². The van der Waals surface area contributed by atoms with Crippen molar-refractivity contribution in [1.29, 1.82) is 0 Å². The molecule has 1 N–H and O–H groups in total. The second-order valence-corrected chi connectivity index (χ2v) is 14.7. The highest BCUT2D eigenvalue weighted by Gasteiger charge is 2.67. The van der Waals surface area contributed by atoms with Gasteiger partial charge in [0, 0.05) is 42.4 Å². The minimum absolute atomic E-state index is 0.000750. The van der Waals surface area contributed by atoms with Crippen LogP contribution in [0.2, 0.25) is 0 Å². The molecular formula is C36H54N2O4. The molecule has 2 heterocycles. The number of piperidine rings is 1. The van der Waals surface area contributed by atoms with Gasteiger partial charge in [-0.25, -0.2) is 0 Å². The van der Waals surface area contributed by atoms with Crippen LogP contribution in [0.3, 0.4) is 0 Å². The van der Waals surface area contributed by atoms with Crippen LogP contribution in [0.1, 0.15) is 114 Å². The van der Waals surface area contributed by atoms with E-state index in [4.69, 9.17) is 9.47 Å². The maximum absolute atomic E-state index is 14.0. The zero-order valence-corrected chi connectivity index (χ0v) is 26.2. The van der Waals surface area contributed by atoms with E-state index in [9.17, 15) is 9.90 Å². The summed E-state index contributed by atoms with van der Waals surface area (Å²) in [7, 11) is 1.76.